The summed E-state index contributed by atoms with van der Waals surface area (Å²) in [6.07, 6.45) is 6.36. The number of guanidine groups is 1. The van der Waals surface area contributed by atoms with E-state index in [-0.39, 0.29) is 5.91 Å². The Kier molecular flexibility index (Phi) is 4.00. The molecule has 0 spiro atoms. The van der Waals surface area contributed by atoms with Crippen molar-refractivity contribution in [1.29, 1.82) is 0 Å². The quantitative estimate of drug-likeness (QED) is 0.807. The van der Waals surface area contributed by atoms with Gasteiger partial charge in [0.25, 0.3) is 0 Å². The van der Waals surface area contributed by atoms with Gasteiger partial charge < -0.3 is 14.2 Å². The van der Waals surface area contributed by atoms with E-state index in [2.05, 4.69) is 27.4 Å². The molecule has 1 saturated heterocycles. The van der Waals surface area contributed by atoms with E-state index in [1.54, 1.807) is 12.5 Å². The molecule has 0 radical (unpaired) electrons. The van der Waals surface area contributed by atoms with E-state index in [9.17, 15) is 4.79 Å². The van der Waals surface area contributed by atoms with Gasteiger partial charge in [-0.25, -0.2) is 9.98 Å². The van der Waals surface area contributed by atoms with E-state index in [0.717, 1.165) is 30.8 Å². The number of ether oxygens (including phenoxy) is 1. The minimum absolute atomic E-state index is 0.00747. The lowest BCUT2D eigenvalue weighted by Crippen LogP contribution is -2.32. The van der Waals surface area contributed by atoms with E-state index in [1.807, 2.05) is 21.7 Å². The molecule has 1 N–H and O–H groups in total. The van der Waals surface area contributed by atoms with Crippen molar-refractivity contribution in [3.8, 4) is 0 Å². The van der Waals surface area contributed by atoms with E-state index in [4.69, 9.17) is 4.74 Å². The molecule has 1 aromatic heterocycles. The van der Waals surface area contributed by atoms with Gasteiger partial charge in [-0.3, -0.25) is 10.1 Å². The Morgan fingerprint density at radius 3 is 3.08 bits per heavy atom. The van der Waals surface area contributed by atoms with E-state index in [1.165, 1.54) is 5.56 Å². The third-order valence-corrected chi connectivity index (χ3v) is 4.20. The Balaban J connectivity index is 1.30. The fraction of sp³-hybridized carbons (Fsp3) is 0.353. The highest BCUT2D eigenvalue weighted by molar-refractivity contribution is 6.05. The number of aromatic nitrogens is 2. The highest BCUT2D eigenvalue weighted by Gasteiger charge is 2.28. The van der Waals surface area contributed by atoms with Crippen LogP contribution in [-0.4, -0.2) is 46.1 Å². The SMILES string of the molecule is O=C1CN2Cc3cc(CCOCCn4ccnc4)ccc3N=C2N1. The number of carbonyl (C=O) groups is 1. The molecule has 24 heavy (non-hydrogen) atoms. The Labute approximate surface area is 140 Å². The zero-order chi connectivity index (χ0) is 16.4. The Hall–Kier alpha value is -2.67. The molecule has 2 aliphatic rings. The number of aliphatic imine (C=N–C) groups is 1. The van der Waals surface area contributed by atoms with Gasteiger partial charge in [-0.1, -0.05) is 12.1 Å². The van der Waals surface area contributed by atoms with Gasteiger partial charge >= 0.3 is 0 Å². The van der Waals surface area contributed by atoms with Crippen molar-refractivity contribution in [2.75, 3.05) is 19.8 Å². The minimum Gasteiger partial charge on any atom is -0.379 e. The van der Waals surface area contributed by atoms with Crippen LogP contribution in [0.15, 0.2) is 41.9 Å². The van der Waals surface area contributed by atoms with Gasteiger partial charge in [-0.05, 0) is 23.6 Å². The molecule has 0 atom stereocenters. The number of hydrogen-bond donors (Lipinski definition) is 1. The first-order valence-electron chi connectivity index (χ1n) is 8.07. The highest BCUT2D eigenvalue weighted by Crippen LogP contribution is 2.28. The first kappa shape index (κ1) is 14.9. The number of imidazole rings is 1. The van der Waals surface area contributed by atoms with Crippen LogP contribution in [0.25, 0.3) is 0 Å². The zero-order valence-corrected chi connectivity index (χ0v) is 13.3. The lowest BCUT2D eigenvalue weighted by Gasteiger charge is -2.23. The number of hydrogen-bond acceptors (Lipinski definition) is 5. The summed E-state index contributed by atoms with van der Waals surface area (Å²) in [5.74, 6) is 0.677. The summed E-state index contributed by atoms with van der Waals surface area (Å²) in [7, 11) is 0. The van der Waals surface area contributed by atoms with Crippen LogP contribution >= 0.6 is 0 Å². The molecule has 0 aliphatic carbocycles. The van der Waals surface area contributed by atoms with Crippen LogP contribution in [0.5, 0.6) is 0 Å². The molecule has 0 saturated carbocycles. The maximum Gasteiger partial charge on any atom is 0.246 e. The molecule has 1 aromatic carbocycles. The van der Waals surface area contributed by atoms with E-state index >= 15 is 0 Å². The maximum atomic E-state index is 11.5. The maximum absolute atomic E-state index is 11.5. The summed E-state index contributed by atoms with van der Waals surface area (Å²) < 4.78 is 7.70. The third kappa shape index (κ3) is 3.16. The van der Waals surface area contributed by atoms with E-state index < -0.39 is 0 Å². The molecule has 0 bridgehead atoms. The Bertz CT molecular complexity index is 769. The molecular formula is C17H19N5O2. The molecular weight excluding hydrogens is 306 g/mol. The second-order valence-electron chi connectivity index (χ2n) is 5.97. The number of carbonyl (C=O) groups excluding carboxylic acids is 1. The molecule has 4 rings (SSSR count). The number of amides is 1. The van der Waals surface area contributed by atoms with Crippen molar-refractivity contribution in [3.05, 3.63) is 48.0 Å². The second-order valence-corrected chi connectivity index (χ2v) is 5.97. The minimum atomic E-state index is 0.00747. The average Bonchev–Trinajstić information content (AvgIpc) is 3.20. The number of nitrogens with one attached hydrogen (secondary N) is 1. The van der Waals surface area contributed by atoms with Gasteiger partial charge in [-0.2, -0.15) is 0 Å². The van der Waals surface area contributed by atoms with Gasteiger partial charge in [0, 0.05) is 25.5 Å². The molecule has 2 aromatic rings. The van der Waals surface area contributed by atoms with Crippen LogP contribution in [-0.2, 0) is 29.0 Å². The van der Waals surface area contributed by atoms with Crippen molar-refractivity contribution in [3.63, 3.8) is 0 Å². The summed E-state index contributed by atoms with van der Waals surface area (Å²) in [5, 5.41) is 2.78. The standard InChI is InChI=1S/C17H19N5O2/c23-16-11-22-10-14-9-13(1-2-15(14)19-17(22)20-16)3-7-24-8-6-21-5-4-18-12-21/h1-2,4-5,9,12H,3,6-8,10-11H2,(H,19,20,23). The molecule has 7 nitrogen and oxygen atoms in total. The first-order chi connectivity index (χ1) is 11.8. The third-order valence-electron chi connectivity index (χ3n) is 4.20. The van der Waals surface area contributed by atoms with Crippen molar-refractivity contribution in [2.24, 2.45) is 4.99 Å². The van der Waals surface area contributed by atoms with Crippen molar-refractivity contribution >= 4 is 17.6 Å². The lowest BCUT2D eigenvalue weighted by molar-refractivity contribution is -0.118. The predicted molar refractivity (Wildman–Crippen MR) is 88.8 cm³/mol. The lowest BCUT2D eigenvalue weighted by atomic mass is 10.1. The van der Waals surface area contributed by atoms with Gasteiger partial charge in [0.05, 0.1) is 25.2 Å². The summed E-state index contributed by atoms with van der Waals surface area (Å²) in [6.45, 7) is 3.29. The smallest absolute Gasteiger partial charge is 0.246 e. The molecule has 0 unspecified atom stereocenters. The normalized spacial score (nSPS) is 15.8. The summed E-state index contributed by atoms with van der Waals surface area (Å²) in [4.78, 5) is 21.9. The molecule has 124 valence electrons. The van der Waals surface area contributed by atoms with Crippen LogP contribution in [0.4, 0.5) is 5.69 Å². The zero-order valence-electron chi connectivity index (χ0n) is 13.3. The van der Waals surface area contributed by atoms with Crippen molar-refractivity contribution in [1.82, 2.24) is 19.8 Å². The van der Waals surface area contributed by atoms with Crippen LogP contribution in [0.2, 0.25) is 0 Å². The van der Waals surface area contributed by atoms with Gasteiger partial charge in [-0.15, -0.1) is 0 Å². The number of fused-ring (bicyclic) bond motifs is 2. The highest BCUT2D eigenvalue weighted by atomic mass is 16.5. The summed E-state index contributed by atoms with van der Waals surface area (Å²) in [6, 6.07) is 6.26. The largest absolute Gasteiger partial charge is 0.379 e. The summed E-state index contributed by atoms with van der Waals surface area (Å²) in [5.41, 5.74) is 3.33. The average molecular weight is 325 g/mol. The van der Waals surface area contributed by atoms with Crippen LogP contribution in [0.1, 0.15) is 11.1 Å². The Morgan fingerprint density at radius 1 is 1.25 bits per heavy atom. The van der Waals surface area contributed by atoms with Gasteiger partial charge in [0.1, 0.15) is 6.54 Å². The van der Waals surface area contributed by atoms with Gasteiger partial charge in [0.2, 0.25) is 11.9 Å². The first-order valence-corrected chi connectivity index (χ1v) is 8.07. The summed E-state index contributed by atoms with van der Waals surface area (Å²) >= 11 is 0. The molecule has 7 heteroatoms. The predicted octanol–water partition coefficient (Wildman–Crippen LogP) is 1.08. The number of rotatable bonds is 6. The van der Waals surface area contributed by atoms with Crippen molar-refractivity contribution < 1.29 is 9.53 Å². The van der Waals surface area contributed by atoms with E-state index in [0.29, 0.717) is 25.7 Å². The molecule has 3 heterocycles. The van der Waals surface area contributed by atoms with Crippen LogP contribution in [0, 0.1) is 0 Å². The van der Waals surface area contributed by atoms with Crippen LogP contribution in [0.3, 0.4) is 0 Å². The number of nitrogens with zero attached hydrogens (tertiary/aromatic N) is 4. The molecule has 1 fully saturated rings. The Morgan fingerprint density at radius 2 is 2.21 bits per heavy atom. The second kappa shape index (κ2) is 6.45. The fourth-order valence-corrected chi connectivity index (χ4v) is 2.95. The van der Waals surface area contributed by atoms with Crippen molar-refractivity contribution in [2.45, 2.75) is 19.5 Å². The molecule has 2 aliphatic heterocycles. The molecule has 1 amide bonds. The topological polar surface area (TPSA) is 71.8 Å². The fourth-order valence-electron chi connectivity index (χ4n) is 2.95. The van der Waals surface area contributed by atoms with Gasteiger partial charge in [0.15, 0.2) is 0 Å². The van der Waals surface area contributed by atoms with Crippen LogP contribution < -0.4 is 5.32 Å². The monoisotopic (exact) mass is 325 g/mol. The number of benzene rings is 1.